The Morgan fingerprint density at radius 1 is 0.900 bits per heavy atom. The van der Waals surface area contributed by atoms with Crippen molar-refractivity contribution in [1.82, 2.24) is 0 Å². The molecule has 0 spiro atoms. The van der Waals surface area contributed by atoms with E-state index in [-0.39, 0.29) is 4.90 Å². The van der Waals surface area contributed by atoms with E-state index in [1.807, 2.05) is 30.3 Å². The van der Waals surface area contributed by atoms with Crippen molar-refractivity contribution in [2.75, 3.05) is 0 Å². The fourth-order valence-corrected chi connectivity index (χ4v) is 3.36. The van der Waals surface area contributed by atoms with Crippen LogP contribution in [0.15, 0.2) is 47.4 Å². The quantitative estimate of drug-likeness (QED) is 0.590. The van der Waals surface area contributed by atoms with Gasteiger partial charge < -0.3 is 0 Å². The highest BCUT2D eigenvalue weighted by atomic mass is 79.9. The molecule has 2 aromatic rings. The van der Waals surface area contributed by atoms with Crippen LogP contribution in [-0.2, 0) is 20.8 Å². The fourth-order valence-electron chi connectivity index (χ4n) is 1.88. The van der Waals surface area contributed by atoms with Gasteiger partial charge in [-0.05, 0) is 22.8 Å². The molecule has 0 aliphatic carbocycles. The van der Waals surface area contributed by atoms with Crippen LogP contribution in [0.1, 0.15) is 11.1 Å². The third-order valence-electron chi connectivity index (χ3n) is 2.90. The molecule has 0 bridgehead atoms. The number of rotatable bonds is 4. The zero-order chi connectivity index (χ0) is 14.8. The molecule has 6 heteroatoms. The van der Waals surface area contributed by atoms with Crippen LogP contribution in [0.2, 0.25) is 0 Å². The monoisotopic (exact) mass is 418 g/mol. The van der Waals surface area contributed by atoms with Gasteiger partial charge in [0.05, 0.1) is 0 Å². The highest BCUT2D eigenvalue weighted by Gasteiger charge is 2.17. The molecule has 1 N–H and O–H groups in total. The van der Waals surface area contributed by atoms with Gasteiger partial charge in [-0.1, -0.05) is 68.3 Å². The van der Waals surface area contributed by atoms with Crippen LogP contribution in [0, 0.1) is 0 Å². The van der Waals surface area contributed by atoms with Gasteiger partial charge in [0.1, 0.15) is 4.90 Å². The van der Waals surface area contributed by atoms with Gasteiger partial charge in [0.15, 0.2) is 0 Å². The minimum absolute atomic E-state index is 0.0685. The molecule has 0 saturated heterocycles. The van der Waals surface area contributed by atoms with Crippen LogP contribution < -0.4 is 0 Å². The van der Waals surface area contributed by atoms with Gasteiger partial charge >= 0.3 is 0 Å². The molecule has 0 aliphatic heterocycles. The number of halogens is 2. The average molecular weight is 420 g/mol. The van der Waals surface area contributed by atoms with Crippen molar-refractivity contribution in [2.45, 2.75) is 15.6 Å². The Bertz CT molecular complexity index is 710. The average Bonchev–Trinajstić information content (AvgIpc) is 2.46. The number of hydrogen-bond donors (Lipinski definition) is 1. The van der Waals surface area contributed by atoms with E-state index in [1.165, 1.54) is 6.07 Å². The summed E-state index contributed by atoms with van der Waals surface area (Å²) in [6.07, 6.45) is 0. The maximum atomic E-state index is 11.6. The minimum atomic E-state index is -4.26. The van der Waals surface area contributed by atoms with Crippen LogP contribution >= 0.6 is 31.9 Å². The summed E-state index contributed by atoms with van der Waals surface area (Å²) >= 11 is 6.64. The molecule has 0 aromatic heterocycles. The zero-order valence-corrected chi connectivity index (χ0v) is 14.4. The number of alkyl halides is 2. The second-order valence-electron chi connectivity index (χ2n) is 4.27. The largest absolute Gasteiger partial charge is 0.295 e. The summed E-state index contributed by atoms with van der Waals surface area (Å²) in [4.78, 5) is -0.0685. The molecule has 0 fully saturated rings. The second-order valence-corrected chi connectivity index (χ2v) is 6.78. The Morgan fingerprint density at radius 3 is 1.95 bits per heavy atom. The van der Waals surface area contributed by atoms with E-state index in [4.69, 9.17) is 0 Å². The summed E-state index contributed by atoms with van der Waals surface area (Å²) in [5, 5.41) is 1.26. The summed E-state index contributed by atoms with van der Waals surface area (Å²) in [6.45, 7) is 0. The summed E-state index contributed by atoms with van der Waals surface area (Å²) in [5.74, 6) is 0. The lowest BCUT2D eigenvalue weighted by atomic mass is 10.0. The SMILES string of the molecule is O=S(=O)(O)c1cc(CBr)ccc1-c1ccc(CBr)cc1. The summed E-state index contributed by atoms with van der Waals surface area (Å²) in [6, 6.07) is 12.5. The summed E-state index contributed by atoms with van der Waals surface area (Å²) < 4.78 is 32.5. The molecule has 3 nitrogen and oxygen atoms in total. The van der Waals surface area contributed by atoms with E-state index in [1.54, 1.807) is 6.07 Å². The number of hydrogen-bond acceptors (Lipinski definition) is 2. The molecule has 0 radical (unpaired) electrons. The maximum absolute atomic E-state index is 11.6. The second kappa shape index (κ2) is 6.39. The van der Waals surface area contributed by atoms with Crippen molar-refractivity contribution in [2.24, 2.45) is 0 Å². The first-order valence-electron chi connectivity index (χ1n) is 5.77. The van der Waals surface area contributed by atoms with Gasteiger partial charge in [-0.3, -0.25) is 4.55 Å². The highest BCUT2D eigenvalue weighted by molar-refractivity contribution is 9.08. The lowest BCUT2D eigenvalue weighted by Gasteiger charge is -2.09. The predicted octanol–water partition coefficient (Wildman–Crippen LogP) is 4.39. The van der Waals surface area contributed by atoms with E-state index in [0.717, 1.165) is 22.0 Å². The Labute approximate surface area is 135 Å². The third-order valence-corrected chi connectivity index (χ3v) is 5.09. The Morgan fingerprint density at radius 2 is 1.45 bits per heavy atom. The van der Waals surface area contributed by atoms with Crippen LogP contribution in [0.4, 0.5) is 0 Å². The first-order chi connectivity index (χ1) is 9.45. The van der Waals surface area contributed by atoms with Crippen LogP contribution in [-0.4, -0.2) is 13.0 Å². The third kappa shape index (κ3) is 3.49. The minimum Gasteiger partial charge on any atom is -0.282 e. The Kier molecular flexibility index (Phi) is 5.01. The standard InChI is InChI=1S/C14H12Br2O3S/c15-8-10-1-4-12(5-2-10)13-6-3-11(9-16)7-14(13)20(17,18)19/h1-7H,8-9H2,(H,17,18,19). The number of benzene rings is 2. The van der Waals surface area contributed by atoms with Gasteiger partial charge in [-0.15, -0.1) is 0 Å². The van der Waals surface area contributed by atoms with Crippen LogP contribution in [0.5, 0.6) is 0 Å². The summed E-state index contributed by atoms with van der Waals surface area (Å²) in [5.41, 5.74) is 3.14. The predicted molar refractivity (Wildman–Crippen MR) is 87.0 cm³/mol. The van der Waals surface area contributed by atoms with Crippen LogP contribution in [0.25, 0.3) is 11.1 Å². The molecular weight excluding hydrogens is 408 g/mol. The molecule has 20 heavy (non-hydrogen) atoms. The van der Waals surface area contributed by atoms with Crippen molar-refractivity contribution in [3.63, 3.8) is 0 Å². The van der Waals surface area contributed by atoms with Gasteiger partial charge in [0.25, 0.3) is 10.1 Å². The first kappa shape index (κ1) is 15.7. The van der Waals surface area contributed by atoms with Crippen LogP contribution in [0.3, 0.4) is 0 Å². The zero-order valence-electron chi connectivity index (χ0n) is 10.4. The highest BCUT2D eigenvalue weighted by Crippen LogP contribution is 2.29. The Balaban J connectivity index is 2.60. The molecule has 2 aromatic carbocycles. The van der Waals surface area contributed by atoms with E-state index in [0.29, 0.717) is 10.9 Å². The maximum Gasteiger partial charge on any atom is 0.295 e. The molecular formula is C14H12Br2O3S. The lowest BCUT2D eigenvalue weighted by Crippen LogP contribution is -2.02. The Hall–Kier alpha value is -0.690. The molecule has 0 amide bonds. The smallest absolute Gasteiger partial charge is 0.282 e. The topological polar surface area (TPSA) is 54.4 Å². The fraction of sp³-hybridized carbons (Fsp3) is 0.143. The van der Waals surface area contributed by atoms with E-state index in [9.17, 15) is 13.0 Å². The van der Waals surface area contributed by atoms with Gasteiger partial charge in [-0.2, -0.15) is 8.42 Å². The first-order valence-corrected chi connectivity index (χ1v) is 9.45. The van der Waals surface area contributed by atoms with Crippen molar-refractivity contribution >= 4 is 42.0 Å². The van der Waals surface area contributed by atoms with E-state index in [2.05, 4.69) is 31.9 Å². The lowest BCUT2D eigenvalue weighted by molar-refractivity contribution is 0.483. The summed E-state index contributed by atoms with van der Waals surface area (Å²) in [7, 11) is -4.26. The normalized spacial score (nSPS) is 11.6. The van der Waals surface area contributed by atoms with Gasteiger partial charge in [0, 0.05) is 16.2 Å². The van der Waals surface area contributed by atoms with Crippen molar-refractivity contribution in [3.05, 3.63) is 53.6 Å². The molecule has 0 heterocycles. The van der Waals surface area contributed by atoms with Gasteiger partial charge in [-0.25, -0.2) is 0 Å². The van der Waals surface area contributed by atoms with Gasteiger partial charge in [0.2, 0.25) is 0 Å². The van der Waals surface area contributed by atoms with E-state index >= 15 is 0 Å². The molecule has 0 aliphatic rings. The molecule has 106 valence electrons. The molecule has 2 rings (SSSR count). The van der Waals surface area contributed by atoms with E-state index < -0.39 is 10.1 Å². The molecule has 0 saturated carbocycles. The molecule has 0 unspecified atom stereocenters. The van der Waals surface area contributed by atoms with Crippen molar-refractivity contribution < 1.29 is 13.0 Å². The van der Waals surface area contributed by atoms with Crippen molar-refractivity contribution in [3.8, 4) is 11.1 Å². The molecule has 0 atom stereocenters. The van der Waals surface area contributed by atoms with Crippen molar-refractivity contribution in [1.29, 1.82) is 0 Å².